The molecule has 5 rings (SSSR count). The summed E-state index contributed by atoms with van der Waals surface area (Å²) in [5.74, 6) is 1.84. The predicted octanol–water partition coefficient (Wildman–Crippen LogP) is 3.61. The number of carbonyl (C=O) groups is 2. The Bertz CT molecular complexity index is 912. The number of amides is 2. The third-order valence-electron chi connectivity index (χ3n) is 9.22. The standard InChI is InChI=1S/C26H43N3O5S/c1-17(2)34-26(31)27-16-18(3)29(25(30)20-5-6-20)23-12-9-21(15-24(23)27)19-7-10-22(11-8-19)28-13-4-14-35(28,32)33/h17-24H,4-16H2,1-3H3/t18-,19?,21?,22?,23?,24?/m0/s1. The molecule has 2 heterocycles. The van der Waals surface area contributed by atoms with Crippen molar-refractivity contribution in [2.45, 2.75) is 115 Å². The largest absolute Gasteiger partial charge is 0.447 e. The van der Waals surface area contributed by atoms with E-state index in [1.165, 1.54) is 0 Å². The summed E-state index contributed by atoms with van der Waals surface area (Å²) in [5.41, 5.74) is 0. The van der Waals surface area contributed by atoms with Gasteiger partial charge >= 0.3 is 6.09 Å². The maximum atomic E-state index is 13.2. The summed E-state index contributed by atoms with van der Waals surface area (Å²) in [6, 6.07) is 0.262. The number of piperazine rings is 1. The zero-order valence-electron chi connectivity index (χ0n) is 21.6. The van der Waals surface area contributed by atoms with Crippen molar-refractivity contribution in [3.05, 3.63) is 0 Å². The van der Waals surface area contributed by atoms with Gasteiger partial charge in [0, 0.05) is 31.1 Å². The molecule has 3 aliphatic carbocycles. The lowest BCUT2D eigenvalue weighted by Gasteiger charge is -2.54. The molecule has 9 heteroatoms. The van der Waals surface area contributed by atoms with Crippen LogP contribution in [0.4, 0.5) is 4.79 Å². The van der Waals surface area contributed by atoms with E-state index in [0.717, 1.165) is 64.2 Å². The zero-order chi connectivity index (χ0) is 24.9. The fraction of sp³-hybridized carbons (Fsp3) is 0.923. The number of carbonyl (C=O) groups excluding carboxylic acids is 2. The Hall–Kier alpha value is -1.35. The summed E-state index contributed by atoms with van der Waals surface area (Å²) in [4.78, 5) is 30.4. The van der Waals surface area contributed by atoms with Crippen molar-refractivity contribution in [3.8, 4) is 0 Å². The molecular weight excluding hydrogens is 466 g/mol. The van der Waals surface area contributed by atoms with E-state index in [1.807, 2.05) is 18.7 Å². The zero-order valence-corrected chi connectivity index (χ0v) is 22.4. The minimum absolute atomic E-state index is 0.00980. The average Bonchev–Trinajstić information content (AvgIpc) is 3.60. The van der Waals surface area contributed by atoms with Crippen LogP contribution < -0.4 is 0 Å². The molecule has 2 aliphatic heterocycles. The first-order valence-electron chi connectivity index (χ1n) is 13.9. The summed E-state index contributed by atoms with van der Waals surface area (Å²) in [7, 11) is -3.06. The Balaban J connectivity index is 1.28. The van der Waals surface area contributed by atoms with Crippen molar-refractivity contribution in [2.24, 2.45) is 17.8 Å². The molecule has 5 aliphatic rings. The van der Waals surface area contributed by atoms with Crippen molar-refractivity contribution < 1.29 is 22.7 Å². The molecule has 0 N–H and O–H groups in total. The van der Waals surface area contributed by atoms with E-state index < -0.39 is 10.0 Å². The van der Waals surface area contributed by atoms with Gasteiger partial charge < -0.3 is 14.5 Å². The van der Waals surface area contributed by atoms with Gasteiger partial charge in [-0.05, 0) is 96.8 Å². The molecule has 2 amide bonds. The maximum Gasteiger partial charge on any atom is 0.410 e. The van der Waals surface area contributed by atoms with Gasteiger partial charge in [-0.25, -0.2) is 13.2 Å². The molecule has 8 nitrogen and oxygen atoms in total. The van der Waals surface area contributed by atoms with Crippen LogP contribution in [0.1, 0.15) is 85.0 Å². The number of hydrogen-bond donors (Lipinski definition) is 0. The van der Waals surface area contributed by atoms with Crippen LogP contribution in [-0.4, -0.2) is 83.6 Å². The molecule has 0 aromatic carbocycles. The monoisotopic (exact) mass is 509 g/mol. The van der Waals surface area contributed by atoms with E-state index in [1.54, 1.807) is 4.31 Å². The number of nitrogens with zero attached hydrogens (tertiary/aromatic N) is 3. The summed E-state index contributed by atoms with van der Waals surface area (Å²) < 4.78 is 32.2. The van der Waals surface area contributed by atoms with E-state index in [4.69, 9.17) is 4.74 Å². The third-order valence-corrected chi connectivity index (χ3v) is 11.2. The normalized spacial score (nSPS) is 37.8. The molecule has 0 aromatic rings. The molecule has 3 saturated carbocycles. The van der Waals surface area contributed by atoms with Crippen LogP contribution in [0.2, 0.25) is 0 Å². The van der Waals surface area contributed by atoms with Crippen LogP contribution in [0.25, 0.3) is 0 Å². The van der Waals surface area contributed by atoms with Crippen molar-refractivity contribution in [1.29, 1.82) is 0 Å². The molecule has 198 valence electrons. The summed E-state index contributed by atoms with van der Waals surface area (Å²) >= 11 is 0. The van der Waals surface area contributed by atoms with E-state index in [9.17, 15) is 18.0 Å². The molecule has 4 atom stereocenters. The van der Waals surface area contributed by atoms with Gasteiger partial charge in [-0.3, -0.25) is 4.79 Å². The highest BCUT2D eigenvalue weighted by Crippen LogP contribution is 2.45. The van der Waals surface area contributed by atoms with Crippen LogP contribution in [0.3, 0.4) is 0 Å². The number of rotatable bonds is 4. The summed E-state index contributed by atoms with van der Waals surface area (Å²) in [6.07, 6.45) is 9.25. The molecule has 0 radical (unpaired) electrons. The van der Waals surface area contributed by atoms with Crippen molar-refractivity contribution in [1.82, 2.24) is 14.1 Å². The van der Waals surface area contributed by atoms with E-state index in [0.29, 0.717) is 30.7 Å². The molecule has 2 saturated heterocycles. The first kappa shape index (κ1) is 25.3. The first-order valence-corrected chi connectivity index (χ1v) is 15.6. The topological polar surface area (TPSA) is 87.2 Å². The van der Waals surface area contributed by atoms with Crippen LogP contribution in [0.15, 0.2) is 0 Å². The van der Waals surface area contributed by atoms with E-state index in [2.05, 4.69) is 11.8 Å². The number of ether oxygens (including phenoxy) is 1. The minimum Gasteiger partial charge on any atom is -0.447 e. The third kappa shape index (κ3) is 5.09. The Morgan fingerprint density at radius 1 is 0.914 bits per heavy atom. The first-order chi connectivity index (χ1) is 16.7. The smallest absolute Gasteiger partial charge is 0.410 e. The highest BCUT2D eigenvalue weighted by Gasteiger charge is 2.51. The Morgan fingerprint density at radius 2 is 1.60 bits per heavy atom. The van der Waals surface area contributed by atoms with Crippen LogP contribution in [0.5, 0.6) is 0 Å². The molecular formula is C26H43N3O5S. The van der Waals surface area contributed by atoms with Crippen molar-refractivity contribution >= 4 is 22.0 Å². The lowest BCUT2D eigenvalue weighted by Crippen LogP contribution is -2.67. The predicted molar refractivity (Wildman–Crippen MR) is 133 cm³/mol. The van der Waals surface area contributed by atoms with Gasteiger partial charge in [0.25, 0.3) is 0 Å². The van der Waals surface area contributed by atoms with Crippen LogP contribution in [0, 0.1) is 17.8 Å². The second-order valence-corrected chi connectivity index (χ2v) is 14.1. The molecule has 0 spiro atoms. The Morgan fingerprint density at radius 3 is 2.20 bits per heavy atom. The van der Waals surface area contributed by atoms with Gasteiger partial charge in [0.05, 0.1) is 23.9 Å². The van der Waals surface area contributed by atoms with Gasteiger partial charge in [0.1, 0.15) is 0 Å². The van der Waals surface area contributed by atoms with E-state index in [-0.39, 0.29) is 48.2 Å². The number of fused-ring (bicyclic) bond motifs is 1. The SMILES string of the molecule is CC(C)OC(=O)N1C[C@H](C)N(C(=O)C2CC2)C2CCC(C3CCC(N4CCCS4(=O)=O)CC3)CC21. The van der Waals surface area contributed by atoms with Gasteiger partial charge in [-0.15, -0.1) is 0 Å². The maximum absolute atomic E-state index is 13.2. The molecule has 5 fully saturated rings. The molecule has 3 unspecified atom stereocenters. The lowest BCUT2D eigenvalue weighted by atomic mass is 9.69. The van der Waals surface area contributed by atoms with Crippen LogP contribution >= 0.6 is 0 Å². The fourth-order valence-electron chi connectivity index (χ4n) is 7.42. The number of hydrogen-bond acceptors (Lipinski definition) is 5. The van der Waals surface area contributed by atoms with Crippen molar-refractivity contribution in [3.63, 3.8) is 0 Å². The van der Waals surface area contributed by atoms with Gasteiger partial charge in [-0.2, -0.15) is 4.31 Å². The molecule has 0 bridgehead atoms. The highest BCUT2D eigenvalue weighted by atomic mass is 32.2. The highest BCUT2D eigenvalue weighted by molar-refractivity contribution is 7.89. The van der Waals surface area contributed by atoms with Gasteiger partial charge in [0.15, 0.2) is 0 Å². The Kier molecular flexibility index (Phi) is 7.12. The van der Waals surface area contributed by atoms with Crippen molar-refractivity contribution in [2.75, 3.05) is 18.8 Å². The summed E-state index contributed by atoms with van der Waals surface area (Å²) in [5, 5.41) is 0. The van der Waals surface area contributed by atoms with Crippen LogP contribution in [-0.2, 0) is 19.6 Å². The minimum atomic E-state index is -3.06. The van der Waals surface area contributed by atoms with Gasteiger partial charge in [0.2, 0.25) is 15.9 Å². The second kappa shape index (κ2) is 9.84. The van der Waals surface area contributed by atoms with Gasteiger partial charge in [-0.1, -0.05) is 0 Å². The number of sulfonamides is 1. The average molecular weight is 510 g/mol. The van der Waals surface area contributed by atoms with E-state index >= 15 is 0 Å². The quantitative estimate of drug-likeness (QED) is 0.578. The fourth-order valence-corrected chi connectivity index (χ4v) is 9.22. The summed E-state index contributed by atoms with van der Waals surface area (Å²) in [6.45, 7) is 7.06. The second-order valence-electron chi connectivity index (χ2n) is 12.0. The molecule has 0 aromatic heterocycles. The Labute approximate surface area is 210 Å². The lowest BCUT2D eigenvalue weighted by molar-refractivity contribution is -0.146. The molecule has 35 heavy (non-hydrogen) atoms.